The molecule has 4 nitrogen and oxygen atoms in total. The van der Waals surface area contributed by atoms with Crippen LogP contribution in [0.1, 0.15) is 41.9 Å². The van der Waals surface area contributed by atoms with Crippen LogP contribution in [0.25, 0.3) is 0 Å². The van der Waals surface area contributed by atoms with E-state index in [0.717, 1.165) is 42.7 Å². The summed E-state index contributed by atoms with van der Waals surface area (Å²) in [6, 6.07) is 14.5. The molecule has 0 aromatic heterocycles. The van der Waals surface area contributed by atoms with E-state index in [2.05, 4.69) is 31.2 Å². The summed E-state index contributed by atoms with van der Waals surface area (Å²) in [6.45, 7) is 2.76. The lowest BCUT2D eigenvalue weighted by atomic mass is 9.94. The van der Waals surface area contributed by atoms with Crippen LogP contribution >= 0.6 is 0 Å². The van der Waals surface area contributed by atoms with Gasteiger partial charge in [-0.1, -0.05) is 24.3 Å². The average molecular weight is 355 g/mol. The first-order valence-electron chi connectivity index (χ1n) is 9.29. The van der Waals surface area contributed by atoms with E-state index >= 15 is 0 Å². The molecule has 3 rings (SSSR count). The minimum absolute atomic E-state index is 0.0650. The Labute approximate surface area is 155 Å². The normalized spacial score (nSPS) is 22.4. The molecule has 0 unspecified atom stereocenters. The zero-order valence-corrected chi connectivity index (χ0v) is 15.7. The molecule has 3 N–H and O–H groups in total. The maximum Gasteiger partial charge on any atom is 0.121 e. The van der Waals surface area contributed by atoms with Crippen molar-refractivity contribution in [2.24, 2.45) is 5.73 Å². The number of aliphatic hydroxyl groups is 1. The topological polar surface area (TPSA) is 64.7 Å². The van der Waals surface area contributed by atoms with Crippen molar-refractivity contribution < 1.29 is 14.6 Å². The minimum Gasteiger partial charge on any atom is -0.496 e. The Morgan fingerprint density at radius 1 is 1.19 bits per heavy atom. The SMILES string of the molecule is COc1ccc(CCOc2ccc([C@@H]3CC[C@](N)(CO)C3)cc2)cc1C. The molecule has 26 heavy (non-hydrogen) atoms. The summed E-state index contributed by atoms with van der Waals surface area (Å²) in [5, 5.41) is 9.42. The summed E-state index contributed by atoms with van der Waals surface area (Å²) in [5.74, 6) is 2.24. The zero-order valence-electron chi connectivity index (χ0n) is 15.7. The van der Waals surface area contributed by atoms with Crippen molar-refractivity contribution in [2.45, 2.75) is 44.1 Å². The lowest BCUT2D eigenvalue weighted by Crippen LogP contribution is -2.40. The molecule has 2 aromatic carbocycles. The van der Waals surface area contributed by atoms with Crippen molar-refractivity contribution in [3.63, 3.8) is 0 Å². The van der Waals surface area contributed by atoms with Gasteiger partial charge in [0.15, 0.2) is 0 Å². The van der Waals surface area contributed by atoms with Crippen molar-refractivity contribution in [2.75, 3.05) is 20.3 Å². The van der Waals surface area contributed by atoms with Crippen LogP contribution in [0, 0.1) is 6.92 Å². The Morgan fingerprint density at radius 2 is 1.96 bits per heavy atom. The Balaban J connectivity index is 1.51. The predicted molar refractivity (Wildman–Crippen MR) is 104 cm³/mol. The van der Waals surface area contributed by atoms with Gasteiger partial charge in [0.25, 0.3) is 0 Å². The van der Waals surface area contributed by atoms with Gasteiger partial charge in [-0.25, -0.2) is 0 Å². The summed E-state index contributed by atoms with van der Waals surface area (Å²) in [4.78, 5) is 0. The molecule has 0 bridgehead atoms. The molecule has 1 fully saturated rings. The Bertz CT molecular complexity index is 729. The average Bonchev–Trinajstić information content (AvgIpc) is 3.05. The first-order chi connectivity index (χ1) is 12.5. The van der Waals surface area contributed by atoms with E-state index in [0.29, 0.717) is 12.5 Å². The van der Waals surface area contributed by atoms with E-state index in [4.69, 9.17) is 15.2 Å². The standard InChI is InChI=1S/C22H29NO3/c1-16-13-17(3-8-21(16)25-2)10-12-26-20-6-4-18(5-7-20)19-9-11-22(23,14-19)15-24/h3-8,13,19,24H,9-12,14-15,23H2,1-2H3/t19-,22-/m1/s1. The number of methoxy groups -OCH3 is 1. The predicted octanol–water partition coefficient (Wildman–Crippen LogP) is 3.58. The quantitative estimate of drug-likeness (QED) is 0.797. The second-order valence-electron chi connectivity index (χ2n) is 7.43. The summed E-state index contributed by atoms with van der Waals surface area (Å²) in [7, 11) is 1.69. The highest BCUT2D eigenvalue weighted by Crippen LogP contribution is 2.39. The van der Waals surface area contributed by atoms with Gasteiger partial charge in [0.1, 0.15) is 11.5 Å². The third-order valence-electron chi connectivity index (χ3n) is 5.43. The van der Waals surface area contributed by atoms with E-state index in [9.17, 15) is 5.11 Å². The summed E-state index contributed by atoms with van der Waals surface area (Å²) >= 11 is 0. The van der Waals surface area contributed by atoms with E-state index in [1.165, 1.54) is 11.1 Å². The smallest absolute Gasteiger partial charge is 0.121 e. The van der Waals surface area contributed by atoms with Crippen molar-refractivity contribution in [1.82, 2.24) is 0 Å². The fourth-order valence-electron chi connectivity index (χ4n) is 3.80. The van der Waals surface area contributed by atoms with Crippen LogP contribution in [0.2, 0.25) is 0 Å². The van der Waals surface area contributed by atoms with E-state index in [1.54, 1.807) is 7.11 Å². The molecule has 1 aliphatic carbocycles. The van der Waals surface area contributed by atoms with Gasteiger partial charge in [0.05, 0.1) is 20.3 Å². The summed E-state index contributed by atoms with van der Waals surface area (Å²) in [5.41, 5.74) is 9.45. The van der Waals surface area contributed by atoms with Crippen LogP contribution in [0.3, 0.4) is 0 Å². The van der Waals surface area contributed by atoms with Crippen molar-refractivity contribution in [3.05, 3.63) is 59.2 Å². The van der Waals surface area contributed by atoms with Crippen molar-refractivity contribution in [3.8, 4) is 11.5 Å². The molecule has 140 valence electrons. The van der Waals surface area contributed by atoms with Crippen LogP contribution in [0.4, 0.5) is 0 Å². The molecule has 0 aliphatic heterocycles. The fraction of sp³-hybridized carbons (Fsp3) is 0.455. The van der Waals surface area contributed by atoms with Crippen LogP contribution < -0.4 is 15.2 Å². The summed E-state index contributed by atoms with van der Waals surface area (Å²) in [6.07, 6.45) is 3.63. The van der Waals surface area contributed by atoms with Gasteiger partial charge in [-0.2, -0.15) is 0 Å². The summed E-state index contributed by atoms with van der Waals surface area (Å²) < 4.78 is 11.2. The second-order valence-corrected chi connectivity index (χ2v) is 7.43. The van der Waals surface area contributed by atoms with Gasteiger partial charge < -0.3 is 20.3 Å². The number of rotatable bonds is 7. The molecule has 1 saturated carbocycles. The third-order valence-corrected chi connectivity index (χ3v) is 5.43. The van der Waals surface area contributed by atoms with Crippen molar-refractivity contribution >= 4 is 0 Å². The maximum atomic E-state index is 9.42. The van der Waals surface area contributed by atoms with E-state index < -0.39 is 5.54 Å². The largest absolute Gasteiger partial charge is 0.496 e. The molecule has 4 heteroatoms. The number of nitrogens with two attached hydrogens (primary N) is 1. The van der Waals surface area contributed by atoms with Crippen LogP contribution in [0.5, 0.6) is 11.5 Å². The van der Waals surface area contributed by atoms with Crippen LogP contribution in [0.15, 0.2) is 42.5 Å². The Morgan fingerprint density at radius 3 is 2.58 bits per heavy atom. The lowest BCUT2D eigenvalue weighted by molar-refractivity contribution is 0.198. The van der Waals surface area contributed by atoms with Gasteiger partial charge in [0, 0.05) is 12.0 Å². The number of aryl methyl sites for hydroxylation is 1. The molecular formula is C22H29NO3. The Kier molecular flexibility index (Phi) is 5.84. The number of hydrogen-bond donors (Lipinski definition) is 2. The fourth-order valence-corrected chi connectivity index (χ4v) is 3.80. The minimum atomic E-state index is -0.406. The van der Waals surface area contributed by atoms with E-state index in [1.807, 2.05) is 18.2 Å². The zero-order chi connectivity index (χ0) is 18.6. The highest BCUT2D eigenvalue weighted by atomic mass is 16.5. The number of aliphatic hydroxyl groups excluding tert-OH is 1. The molecule has 1 aliphatic rings. The lowest BCUT2D eigenvalue weighted by Gasteiger charge is -2.21. The molecule has 2 aromatic rings. The number of hydrogen-bond acceptors (Lipinski definition) is 4. The van der Waals surface area contributed by atoms with Crippen molar-refractivity contribution in [1.29, 1.82) is 0 Å². The molecule has 0 spiro atoms. The van der Waals surface area contributed by atoms with Crippen LogP contribution in [-0.4, -0.2) is 31.0 Å². The van der Waals surface area contributed by atoms with Gasteiger partial charge in [-0.3, -0.25) is 0 Å². The highest BCUT2D eigenvalue weighted by Gasteiger charge is 2.35. The first-order valence-corrected chi connectivity index (χ1v) is 9.29. The monoisotopic (exact) mass is 355 g/mol. The Hall–Kier alpha value is -2.04. The van der Waals surface area contributed by atoms with Gasteiger partial charge in [-0.15, -0.1) is 0 Å². The maximum absolute atomic E-state index is 9.42. The molecular weight excluding hydrogens is 326 g/mol. The first kappa shape index (κ1) is 18.7. The molecule has 0 amide bonds. The highest BCUT2D eigenvalue weighted by molar-refractivity contribution is 5.36. The molecule has 0 heterocycles. The van der Waals surface area contributed by atoms with E-state index in [-0.39, 0.29) is 6.61 Å². The van der Waals surface area contributed by atoms with Gasteiger partial charge >= 0.3 is 0 Å². The third kappa shape index (κ3) is 4.37. The molecule has 0 radical (unpaired) electrons. The second kappa shape index (κ2) is 8.11. The number of benzene rings is 2. The molecule has 2 atom stereocenters. The molecule has 0 saturated heterocycles. The van der Waals surface area contributed by atoms with Gasteiger partial charge in [-0.05, 0) is 67.0 Å². The van der Waals surface area contributed by atoms with Gasteiger partial charge in [0.2, 0.25) is 0 Å². The van der Waals surface area contributed by atoms with Crippen LogP contribution in [-0.2, 0) is 6.42 Å². The number of ether oxygens (including phenoxy) is 2.